The summed E-state index contributed by atoms with van der Waals surface area (Å²) in [5.74, 6) is 0.737. The molecule has 0 fully saturated rings. The van der Waals surface area contributed by atoms with Crippen molar-refractivity contribution in [2.75, 3.05) is 0 Å². The molecule has 0 atom stereocenters. The highest BCUT2D eigenvalue weighted by Gasteiger charge is 2.12. The monoisotopic (exact) mass is 270 g/mol. The van der Waals surface area contributed by atoms with E-state index in [1.54, 1.807) is 18.2 Å². The molecule has 3 rings (SSSR count). The molecule has 3 aromatic rings. The normalized spacial score (nSPS) is 11.1. The van der Waals surface area contributed by atoms with Gasteiger partial charge in [-0.3, -0.25) is 0 Å². The van der Waals surface area contributed by atoms with Crippen molar-refractivity contribution in [2.24, 2.45) is 0 Å². The standard InChI is InChI=1S/C16H15FN2O/c1-2-9-19-15-8-5-12(17)10-14(15)18-16(19)11-3-6-13(20)7-4-11/h3-8,10,20H,2,9H2,1H3. The molecular weight excluding hydrogens is 255 g/mol. The fourth-order valence-corrected chi connectivity index (χ4v) is 2.38. The maximum absolute atomic E-state index is 13.3. The molecule has 0 saturated heterocycles. The maximum atomic E-state index is 13.3. The van der Waals surface area contributed by atoms with E-state index in [4.69, 9.17) is 0 Å². The lowest BCUT2D eigenvalue weighted by molar-refractivity contribution is 0.475. The van der Waals surface area contributed by atoms with E-state index in [1.165, 1.54) is 12.1 Å². The predicted octanol–water partition coefficient (Wildman–Crippen LogP) is 3.96. The van der Waals surface area contributed by atoms with Crippen LogP contribution in [0.1, 0.15) is 13.3 Å². The molecule has 4 heteroatoms. The van der Waals surface area contributed by atoms with Gasteiger partial charge in [-0.25, -0.2) is 9.37 Å². The number of imidazole rings is 1. The Morgan fingerprint density at radius 2 is 1.90 bits per heavy atom. The van der Waals surface area contributed by atoms with Crippen LogP contribution in [0.5, 0.6) is 5.75 Å². The van der Waals surface area contributed by atoms with Gasteiger partial charge in [-0.1, -0.05) is 6.92 Å². The van der Waals surface area contributed by atoms with Gasteiger partial charge in [0.15, 0.2) is 0 Å². The van der Waals surface area contributed by atoms with Gasteiger partial charge >= 0.3 is 0 Å². The lowest BCUT2D eigenvalue weighted by atomic mass is 10.2. The highest BCUT2D eigenvalue weighted by molar-refractivity contribution is 5.80. The van der Waals surface area contributed by atoms with Crippen LogP contribution in [-0.2, 0) is 6.54 Å². The van der Waals surface area contributed by atoms with Gasteiger partial charge in [0.25, 0.3) is 0 Å². The second-order valence-electron chi connectivity index (χ2n) is 4.77. The molecule has 0 radical (unpaired) electrons. The first kappa shape index (κ1) is 12.7. The van der Waals surface area contributed by atoms with Crippen molar-refractivity contribution >= 4 is 11.0 Å². The van der Waals surface area contributed by atoms with Gasteiger partial charge in [-0.05, 0) is 42.8 Å². The summed E-state index contributed by atoms with van der Waals surface area (Å²) in [7, 11) is 0. The second-order valence-corrected chi connectivity index (χ2v) is 4.77. The summed E-state index contributed by atoms with van der Waals surface area (Å²) in [6, 6.07) is 11.6. The number of hydrogen-bond donors (Lipinski definition) is 1. The number of benzene rings is 2. The van der Waals surface area contributed by atoms with Crippen LogP contribution in [0.15, 0.2) is 42.5 Å². The number of aromatic hydroxyl groups is 1. The SMILES string of the molecule is CCCn1c(-c2ccc(O)cc2)nc2cc(F)ccc21. The molecule has 1 N–H and O–H groups in total. The lowest BCUT2D eigenvalue weighted by Gasteiger charge is -2.07. The highest BCUT2D eigenvalue weighted by Crippen LogP contribution is 2.26. The van der Waals surface area contributed by atoms with Crippen molar-refractivity contribution in [1.29, 1.82) is 0 Å². The first-order chi connectivity index (χ1) is 9.69. The number of aryl methyl sites for hydroxylation is 1. The molecule has 0 spiro atoms. The quantitative estimate of drug-likeness (QED) is 0.782. The van der Waals surface area contributed by atoms with Gasteiger partial charge in [0.2, 0.25) is 0 Å². The molecule has 0 aliphatic rings. The van der Waals surface area contributed by atoms with Crippen LogP contribution in [0, 0.1) is 5.82 Å². The topological polar surface area (TPSA) is 38.0 Å². The smallest absolute Gasteiger partial charge is 0.141 e. The van der Waals surface area contributed by atoms with Crippen LogP contribution in [0.25, 0.3) is 22.4 Å². The van der Waals surface area contributed by atoms with E-state index >= 15 is 0 Å². The van der Waals surface area contributed by atoms with Gasteiger partial charge in [0.1, 0.15) is 17.4 Å². The van der Waals surface area contributed by atoms with Gasteiger partial charge in [-0.15, -0.1) is 0 Å². The Balaban J connectivity index is 2.22. The van der Waals surface area contributed by atoms with Crippen molar-refractivity contribution < 1.29 is 9.50 Å². The summed E-state index contributed by atoms with van der Waals surface area (Å²) < 4.78 is 15.4. The number of halogens is 1. The number of nitrogens with zero attached hydrogens (tertiary/aromatic N) is 2. The van der Waals surface area contributed by atoms with Crippen LogP contribution < -0.4 is 0 Å². The summed E-state index contributed by atoms with van der Waals surface area (Å²) in [5, 5.41) is 9.38. The first-order valence-electron chi connectivity index (χ1n) is 6.64. The average molecular weight is 270 g/mol. The zero-order valence-corrected chi connectivity index (χ0v) is 11.2. The van der Waals surface area contributed by atoms with Crippen LogP contribution in [0.4, 0.5) is 4.39 Å². The number of fused-ring (bicyclic) bond motifs is 1. The second kappa shape index (κ2) is 4.96. The summed E-state index contributed by atoms with van der Waals surface area (Å²) in [5.41, 5.74) is 2.49. The Labute approximate surface area is 116 Å². The van der Waals surface area contributed by atoms with Crippen LogP contribution in [0.3, 0.4) is 0 Å². The van der Waals surface area contributed by atoms with Crippen LogP contribution in [-0.4, -0.2) is 14.7 Å². The number of aromatic nitrogens is 2. The molecule has 0 unspecified atom stereocenters. The third-order valence-electron chi connectivity index (χ3n) is 3.28. The molecule has 1 aromatic heterocycles. The van der Waals surface area contributed by atoms with Crippen molar-refractivity contribution in [2.45, 2.75) is 19.9 Å². The number of hydrogen-bond acceptors (Lipinski definition) is 2. The predicted molar refractivity (Wildman–Crippen MR) is 77.1 cm³/mol. The van der Waals surface area contributed by atoms with E-state index in [-0.39, 0.29) is 11.6 Å². The lowest BCUT2D eigenvalue weighted by Crippen LogP contribution is -1.99. The number of phenols is 1. The van der Waals surface area contributed by atoms with Crippen molar-refractivity contribution in [3.63, 3.8) is 0 Å². The Bertz CT molecular complexity index is 747. The minimum absolute atomic E-state index is 0.220. The Hall–Kier alpha value is -2.36. The van der Waals surface area contributed by atoms with Gasteiger partial charge in [0, 0.05) is 18.2 Å². The van der Waals surface area contributed by atoms with Gasteiger partial charge in [-0.2, -0.15) is 0 Å². The van der Waals surface area contributed by atoms with E-state index < -0.39 is 0 Å². The van der Waals surface area contributed by atoms with Gasteiger partial charge < -0.3 is 9.67 Å². The van der Waals surface area contributed by atoms with Crippen molar-refractivity contribution in [1.82, 2.24) is 9.55 Å². The third-order valence-corrected chi connectivity index (χ3v) is 3.28. The molecule has 1 heterocycles. The fraction of sp³-hybridized carbons (Fsp3) is 0.188. The van der Waals surface area contributed by atoms with Crippen molar-refractivity contribution in [3.8, 4) is 17.1 Å². The highest BCUT2D eigenvalue weighted by atomic mass is 19.1. The molecule has 2 aromatic carbocycles. The summed E-state index contributed by atoms with van der Waals surface area (Å²) in [6.07, 6.45) is 0.966. The fourth-order valence-electron chi connectivity index (χ4n) is 2.38. The van der Waals surface area contributed by atoms with Crippen LogP contribution in [0.2, 0.25) is 0 Å². The summed E-state index contributed by atoms with van der Waals surface area (Å²) in [4.78, 5) is 4.53. The first-order valence-corrected chi connectivity index (χ1v) is 6.64. The average Bonchev–Trinajstić information content (AvgIpc) is 2.78. The molecule has 20 heavy (non-hydrogen) atoms. The third kappa shape index (κ3) is 2.13. The van der Waals surface area contributed by atoms with E-state index in [0.717, 1.165) is 29.9 Å². The Morgan fingerprint density at radius 3 is 2.60 bits per heavy atom. The Morgan fingerprint density at radius 1 is 1.15 bits per heavy atom. The molecule has 0 bridgehead atoms. The molecule has 0 aliphatic heterocycles. The molecule has 0 amide bonds. The van der Waals surface area contributed by atoms with E-state index in [0.29, 0.717) is 5.52 Å². The number of phenolic OH excluding ortho intramolecular Hbond substituents is 1. The van der Waals surface area contributed by atoms with Gasteiger partial charge in [0.05, 0.1) is 11.0 Å². The minimum atomic E-state index is -0.282. The molecule has 0 saturated carbocycles. The summed E-state index contributed by atoms with van der Waals surface area (Å²) in [6.45, 7) is 2.91. The van der Waals surface area contributed by atoms with E-state index in [9.17, 15) is 9.50 Å². The van der Waals surface area contributed by atoms with Crippen LogP contribution >= 0.6 is 0 Å². The summed E-state index contributed by atoms with van der Waals surface area (Å²) >= 11 is 0. The zero-order valence-electron chi connectivity index (χ0n) is 11.2. The molecular formula is C16H15FN2O. The minimum Gasteiger partial charge on any atom is -0.508 e. The zero-order chi connectivity index (χ0) is 14.1. The largest absolute Gasteiger partial charge is 0.508 e. The van der Waals surface area contributed by atoms with Crippen molar-refractivity contribution in [3.05, 3.63) is 48.3 Å². The Kier molecular flexibility index (Phi) is 3.14. The molecule has 102 valence electrons. The molecule has 0 aliphatic carbocycles. The number of rotatable bonds is 3. The van der Waals surface area contributed by atoms with E-state index in [1.807, 2.05) is 12.1 Å². The molecule has 3 nitrogen and oxygen atoms in total. The maximum Gasteiger partial charge on any atom is 0.141 e. The van der Waals surface area contributed by atoms with E-state index in [2.05, 4.69) is 16.5 Å².